The van der Waals surface area contributed by atoms with Crippen molar-refractivity contribution in [2.75, 3.05) is 0 Å². The second-order valence-electron chi connectivity index (χ2n) is 4.83. The van der Waals surface area contributed by atoms with Gasteiger partial charge in [-0.25, -0.2) is 0 Å². The summed E-state index contributed by atoms with van der Waals surface area (Å²) in [6.45, 7) is 4.74. The zero-order chi connectivity index (χ0) is 11.4. The van der Waals surface area contributed by atoms with Gasteiger partial charge in [-0.1, -0.05) is 79.2 Å². The monoisotopic (exact) mass is 230 g/mol. The van der Waals surface area contributed by atoms with E-state index in [9.17, 15) is 0 Å². The van der Waals surface area contributed by atoms with Crippen LogP contribution in [0.4, 0.5) is 0 Å². The van der Waals surface area contributed by atoms with Gasteiger partial charge < -0.3 is 0 Å². The molecule has 1 heteroatoms. The molecular formula is C15H22Si. The molecule has 0 heterocycles. The second kappa shape index (κ2) is 5.01. The van der Waals surface area contributed by atoms with Gasteiger partial charge in [-0.3, -0.25) is 0 Å². The van der Waals surface area contributed by atoms with E-state index in [0.29, 0.717) is 0 Å². The minimum Gasteiger partial charge on any atom is -0.0809 e. The van der Waals surface area contributed by atoms with Gasteiger partial charge in [0.25, 0.3) is 0 Å². The Balaban J connectivity index is 2.30. The summed E-state index contributed by atoms with van der Waals surface area (Å²) >= 11 is 0. The van der Waals surface area contributed by atoms with Crippen LogP contribution in [-0.2, 0) is 0 Å². The van der Waals surface area contributed by atoms with E-state index in [0.717, 1.165) is 0 Å². The molecule has 0 N–H and O–H groups in total. The van der Waals surface area contributed by atoms with Crippen LogP contribution >= 0.6 is 0 Å². The van der Waals surface area contributed by atoms with Crippen molar-refractivity contribution in [3.8, 4) is 0 Å². The van der Waals surface area contributed by atoms with Crippen molar-refractivity contribution in [3.05, 3.63) is 46.8 Å². The molecule has 0 aromatic heterocycles. The Morgan fingerprint density at radius 3 is 1.88 bits per heavy atom. The molecule has 0 fully saturated rings. The van der Waals surface area contributed by atoms with Gasteiger partial charge in [0.15, 0.2) is 0 Å². The van der Waals surface area contributed by atoms with Gasteiger partial charge in [-0.05, 0) is 12.8 Å². The lowest BCUT2D eigenvalue weighted by Gasteiger charge is -2.34. The van der Waals surface area contributed by atoms with Crippen molar-refractivity contribution < 1.29 is 0 Å². The highest BCUT2D eigenvalue weighted by Crippen LogP contribution is 2.39. The van der Waals surface area contributed by atoms with Gasteiger partial charge in [0, 0.05) is 0 Å². The molecular weight excluding hydrogens is 208 g/mol. The van der Waals surface area contributed by atoms with Gasteiger partial charge in [0.1, 0.15) is 8.07 Å². The maximum absolute atomic E-state index is 2.41. The van der Waals surface area contributed by atoms with Crippen molar-refractivity contribution in [1.82, 2.24) is 0 Å². The van der Waals surface area contributed by atoms with E-state index in [2.05, 4.69) is 50.3 Å². The highest BCUT2D eigenvalue weighted by Gasteiger charge is 2.37. The summed E-state index contributed by atoms with van der Waals surface area (Å²) in [6, 6.07) is 2.81. The predicted octanol–water partition coefficient (Wildman–Crippen LogP) is 4.72. The molecule has 0 aromatic carbocycles. The van der Waals surface area contributed by atoms with Gasteiger partial charge in [-0.15, -0.1) is 0 Å². The Hall–Kier alpha value is -0.823. The average Bonchev–Trinajstić information content (AvgIpc) is 2.98. The molecule has 2 aliphatic carbocycles. The lowest BCUT2D eigenvalue weighted by molar-refractivity contribution is 1.02. The normalized spacial score (nSPS) is 19.1. The molecule has 0 aromatic rings. The summed E-state index contributed by atoms with van der Waals surface area (Å²) < 4.78 is 0. The molecule has 0 nitrogen and oxygen atoms in total. The zero-order valence-corrected chi connectivity index (χ0v) is 11.5. The number of hydrogen-bond acceptors (Lipinski definition) is 0. The van der Waals surface area contributed by atoms with E-state index in [4.69, 9.17) is 0 Å². The number of rotatable bonds is 5. The van der Waals surface area contributed by atoms with Crippen LogP contribution in [0.2, 0.25) is 12.1 Å². The predicted molar refractivity (Wildman–Crippen MR) is 75.0 cm³/mol. The van der Waals surface area contributed by atoms with Crippen LogP contribution in [0.25, 0.3) is 0 Å². The van der Waals surface area contributed by atoms with Crippen molar-refractivity contribution in [2.24, 2.45) is 0 Å². The molecule has 0 spiro atoms. The number of allylic oxidation sites excluding steroid dienone is 8. The fourth-order valence-electron chi connectivity index (χ4n) is 3.19. The lowest BCUT2D eigenvalue weighted by atomic mass is 10.5. The smallest absolute Gasteiger partial charge is 0.0809 e. The minimum absolute atomic E-state index is 1.22. The topological polar surface area (TPSA) is 0 Å². The first-order valence-corrected chi connectivity index (χ1v) is 8.97. The molecule has 0 unspecified atom stereocenters. The summed E-state index contributed by atoms with van der Waals surface area (Å²) in [7, 11) is -1.31. The standard InChI is InChI=1S/C15H22Si/c1-3-13-16(4-2,14-9-5-6-10-14)15-11-7-8-12-15/h5-9,11H,3-4,10,12-13H2,1-2H3. The summed E-state index contributed by atoms with van der Waals surface area (Å²) in [6.07, 6.45) is 17.7. The Labute approximate surface area is 100 Å². The molecule has 86 valence electrons. The van der Waals surface area contributed by atoms with Crippen molar-refractivity contribution in [3.63, 3.8) is 0 Å². The molecule has 2 rings (SSSR count). The van der Waals surface area contributed by atoms with Crippen LogP contribution < -0.4 is 0 Å². The van der Waals surface area contributed by atoms with Gasteiger partial charge >= 0.3 is 0 Å². The molecule has 2 aliphatic rings. The van der Waals surface area contributed by atoms with Crippen LogP contribution in [0.5, 0.6) is 0 Å². The molecule has 0 bridgehead atoms. The first-order chi connectivity index (χ1) is 7.83. The molecule has 0 atom stereocenters. The van der Waals surface area contributed by atoms with Crippen LogP contribution in [0, 0.1) is 0 Å². The van der Waals surface area contributed by atoms with E-state index in [1.54, 1.807) is 10.4 Å². The third-order valence-corrected chi connectivity index (χ3v) is 9.81. The highest BCUT2D eigenvalue weighted by molar-refractivity contribution is 6.92. The maximum atomic E-state index is 2.41. The average molecular weight is 230 g/mol. The second-order valence-corrected chi connectivity index (χ2v) is 9.49. The van der Waals surface area contributed by atoms with Crippen LogP contribution in [-0.4, -0.2) is 8.07 Å². The molecule has 0 saturated heterocycles. The van der Waals surface area contributed by atoms with Crippen LogP contribution in [0.15, 0.2) is 46.8 Å². The molecule has 0 saturated carbocycles. The van der Waals surface area contributed by atoms with Crippen molar-refractivity contribution in [1.29, 1.82) is 0 Å². The molecule has 0 radical (unpaired) electrons. The Bertz CT molecular complexity index is 339. The van der Waals surface area contributed by atoms with Crippen molar-refractivity contribution in [2.45, 2.75) is 45.2 Å². The van der Waals surface area contributed by atoms with Crippen LogP contribution in [0.1, 0.15) is 33.1 Å². The zero-order valence-electron chi connectivity index (χ0n) is 10.5. The largest absolute Gasteiger partial charge is 0.109 e. The summed E-state index contributed by atoms with van der Waals surface area (Å²) in [5, 5.41) is 3.54. The summed E-state index contributed by atoms with van der Waals surface area (Å²) in [5.74, 6) is 0. The molecule has 16 heavy (non-hydrogen) atoms. The Morgan fingerprint density at radius 2 is 1.56 bits per heavy atom. The fraction of sp³-hybridized carbons (Fsp3) is 0.467. The van der Waals surface area contributed by atoms with Crippen molar-refractivity contribution >= 4 is 8.07 Å². The van der Waals surface area contributed by atoms with Crippen LogP contribution in [0.3, 0.4) is 0 Å². The highest BCUT2D eigenvalue weighted by atomic mass is 28.3. The Morgan fingerprint density at radius 1 is 1.00 bits per heavy atom. The van der Waals surface area contributed by atoms with E-state index in [1.807, 2.05) is 0 Å². The third-order valence-electron chi connectivity index (χ3n) is 4.05. The molecule has 0 aliphatic heterocycles. The summed E-state index contributed by atoms with van der Waals surface area (Å²) in [4.78, 5) is 0. The maximum Gasteiger partial charge on any atom is 0.109 e. The summed E-state index contributed by atoms with van der Waals surface area (Å²) in [5.41, 5.74) is 0. The van der Waals surface area contributed by atoms with E-state index >= 15 is 0 Å². The van der Waals surface area contributed by atoms with Gasteiger partial charge in [0.2, 0.25) is 0 Å². The lowest BCUT2D eigenvalue weighted by Crippen LogP contribution is -2.38. The minimum atomic E-state index is -1.31. The SMILES string of the molecule is CCC[Si](CC)(C1=CC=CC1)C1=CC=CC1. The Kier molecular flexibility index (Phi) is 3.65. The number of hydrogen-bond donors (Lipinski definition) is 0. The third kappa shape index (κ3) is 1.89. The van der Waals surface area contributed by atoms with E-state index < -0.39 is 8.07 Å². The molecule has 0 amide bonds. The first-order valence-electron chi connectivity index (χ1n) is 6.56. The van der Waals surface area contributed by atoms with Gasteiger partial charge in [-0.2, -0.15) is 0 Å². The van der Waals surface area contributed by atoms with E-state index in [-0.39, 0.29) is 0 Å². The first kappa shape index (κ1) is 11.7. The van der Waals surface area contributed by atoms with E-state index in [1.165, 1.54) is 31.4 Å². The fourth-order valence-corrected chi connectivity index (χ4v) is 8.21. The van der Waals surface area contributed by atoms with Gasteiger partial charge in [0.05, 0.1) is 0 Å². The quantitative estimate of drug-likeness (QED) is 0.600.